The van der Waals surface area contributed by atoms with Gasteiger partial charge in [0.05, 0.1) is 5.56 Å². The van der Waals surface area contributed by atoms with Crippen molar-refractivity contribution in [2.75, 3.05) is 6.26 Å². The van der Waals surface area contributed by atoms with Gasteiger partial charge in [0.15, 0.2) is 0 Å². The average molecular weight is 292 g/mol. The van der Waals surface area contributed by atoms with Gasteiger partial charge in [-0.1, -0.05) is 18.2 Å². The Hall–Kier alpha value is -2.01. The first-order chi connectivity index (χ1) is 9.61. The molecule has 0 unspecified atom stereocenters. The molecule has 1 N–H and O–H groups in total. The van der Waals surface area contributed by atoms with Crippen LogP contribution in [-0.4, -0.2) is 17.3 Å². The summed E-state index contributed by atoms with van der Waals surface area (Å²) in [7, 11) is 0. The first-order valence-electron chi connectivity index (χ1n) is 5.89. The molecule has 0 saturated carbocycles. The highest BCUT2D eigenvalue weighted by atomic mass is 32.2. The second-order valence-electron chi connectivity index (χ2n) is 4.05. The van der Waals surface area contributed by atoms with Gasteiger partial charge in [-0.15, -0.1) is 11.8 Å². The molecule has 2 aromatic carbocycles. The fourth-order valence-electron chi connectivity index (χ4n) is 1.77. The maximum absolute atomic E-state index is 13.1. The molecule has 0 atom stereocenters. The molecule has 0 bridgehead atoms. The number of thioether (sulfide) groups is 1. The van der Waals surface area contributed by atoms with E-state index in [1.54, 1.807) is 11.8 Å². The first kappa shape index (κ1) is 14.4. The smallest absolute Gasteiger partial charge is 0.336 e. The molecule has 0 fully saturated rings. The van der Waals surface area contributed by atoms with Crippen molar-refractivity contribution in [2.24, 2.45) is 0 Å². The number of para-hydroxylation sites is 1. The first-order valence-corrected chi connectivity index (χ1v) is 7.12. The van der Waals surface area contributed by atoms with Crippen LogP contribution in [0.15, 0.2) is 47.4 Å². The standard InChI is InChI=1S/C15H13FO3S/c1-20-14-5-3-2-4-13(14)19-9-10-6-7-11(16)8-12(10)15(17)18/h2-8H,9H2,1H3,(H,17,18). The fourth-order valence-corrected chi connectivity index (χ4v) is 2.31. The van der Waals surface area contributed by atoms with Crippen LogP contribution < -0.4 is 4.74 Å². The van der Waals surface area contributed by atoms with Crippen molar-refractivity contribution in [1.82, 2.24) is 0 Å². The van der Waals surface area contributed by atoms with Crippen molar-refractivity contribution in [2.45, 2.75) is 11.5 Å². The van der Waals surface area contributed by atoms with E-state index < -0.39 is 11.8 Å². The largest absolute Gasteiger partial charge is 0.488 e. The Morgan fingerprint density at radius 3 is 2.75 bits per heavy atom. The Kier molecular flexibility index (Phi) is 4.63. The highest BCUT2D eigenvalue weighted by molar-refractivity contribution is 7.98. The van der Waals surface area contributed by atoms with Gasteiger partial charge in [-0.25, -0.2) is 9.18 Å². The molecule has 0 amide bonds. The minimum atomic E-state index is -1.17. The predicted octanol–water partition coefficient (Wildman–Crippen LogP) is 3.82. The van der Waals surface area contributed by atoms with Crippen LogP contribution in [0.1, 0.15) is 15.9 Å². The zero-order valence-corrected chi connectivity index (χ0v) is 11.6. The maximum Gasteiger partial charge on any atom is 0.336 e. The van der Waals surface area contributed by atoms with Crippen LogP contribution in [0.5, 0.6) is 5.75 Å². The lowest BCUT2D eigenvalue weighted by molar-refractivity contribution is 0.0693. The second-order valence-corrected chi connectivity index (χ2v) is 4.89. The van der Waals surface area contributed by atoms with E-state index in [1.165, 1.54) is 12.1 Å². The van der Waals surface area contributed by atoms with Crippen LogP contribution >= 0.6 is 11.8 Å². The van der Waals surface area contributed by atoms with Gasteiger partial charge >= 0.3 is 5.97 Å². The zero-order chi connectivity index (χ0) is 14.5. The van der Waals surface area contributed by atoms with E-state index in [1.807, 2.05) is 30.5 Å². The number of hydrogen-bond donors (Lipinski definition) is 1. The number of carboxylic acid groups (broad SMARTS) is 1. The summed E-state index contributed by atoms with van der Waals surface area (Å²) in [6, 6.07) is 11.1. The molecule has 5 heteroatoms. The molecule has 0 aliphatic carbocycles. The van der Waals surface area contributed by atoms with Crippen LogP contribution in [0.25, 0.3) is 0 Å². The summed E-state index contributed by atoms with van der Waals surface area (Å²) >= 11 is 1.54. The zero-order valence-electron chi connectivity index (χ0n) is 10.8. The lowest BCUT2D eigenvalue weighted by Crippen LogP contribution is -2.06. The Morgan fingerprint density at radius 2 is 2.05 bits per heavy atom. The Morgan fingerprint density at radius 1 is 1.30 bits per heavy atom. The minimum absolute atomic E-state index is 0.0772. The summed E-state index contributed by atoms with van der Waals surface area (Å²) in [4.78, 5) is 12.0. The maximum atomic E-state index is 13.1. The molecule has 2 aromatic rings. The minimum Gasteiger partial charge on any atom is -0.488 e. The monoisotopic (exact) mass is 292 g/mol. The normalized spacial score (nSPS) is 10.3. The molecule has 0 heterocycles. The van der Waals surface area contributed by atoms with Crippen LogP contribution in [0.4, 0.5) is 4.39 Å². The molecular weight excluding hydrogens is 279 g/mol. The predicted molar refractivity (Wildman–Crippen MR) is 75.9 cm³/mol. The molecule has 0 aliphatic heterocycles. The van der Waals surface area contributed by atoms with Gasteiger partial charge < -0.3 is 9.84 Å². The summed E-state index contributed by atoms with van der Waals surface area (Å²) in [6.07, 6.45) is 1.93. The van der Waals surface area contributed by atoms with Gasteiger partial charge in [-0.3, -0.25) is 0 Å². The van der Waals surface area contributed by atoms with Crippen molar-refractivity contribution in [1.29, 1.82) is 0 Å². The molecule has 0 aromatic heterocycles. The Labute approximate surface area is 120 Å². The van der Waals surface area contributed by atoms with E-state index in [4.69, 9.17) is 9.84 Å². The topological polar surface area (TPSA) is 46.5 Å². The lowest BCUT2D eigenvalue weighted by atomic mass is 10.1. The third kappa shape index (κ3) is 3.30. The van der Waals surface area contributed by atoms with Crippen molar-refractivity contribution < 1.29 is 19.0 Å². The van der Waals surface area contributed by atoms with Crippen molar-refractivity contribution in [3.05, 3.63) is 59.4 Å². The van der Waals surface area contributed by atoms with Crippen molar-refractivity contribution in [3.63, 3.8) is 0 Å². The Balaban J connectivity index is 2.21. The van der Waals surface area contributed by atoms with E-state index in [0.29, 0.717) is 11.3 Å². The van der Waals surface area contributed by atoms with Crippen LogP contribution in [0.2, 0.25) is 0 Å². The van der Waals surface area contributed by atoms with Crippen LogP contribution in [0, 0.1) is 5.82 Å². The number of benzene rings is 2. The van der Waals surface area contributed by atoms with Gasteiger partial charge in [-0.2, -0.15) is 0 Å². The van der Waals surface area contributed by atoms with E-state index in [-0.39, 0.29) is 12.2 Å². The number of hydrogen-bond acceptors (Lipinski definition) is 3. The summed E-state index contributed by atoms with van der Waals surface area (Å²) < 4.78 is 18.7. The van der Waals surface area contributed by atoms with E-state index in [2.05, 4.69) is 0 Å². The number of carbonyl (C=O) groups is 1. The number of aromatic carboxylic acids is 1. The lowest BCUT2D eigenvalue weighted by Gasteiger charge is -2.11. The number of carboxylic acids is 1. The molecule has 0 saturated heterocycles. The quantitative estimate of drug-likeness (QED) is 0.851. The van der Waals surface area contributed by atoms with E-state index in [9.17, 15) is 9.18 Å². The average Bonchev–Trinajstić information content (AvgIpc) is 2.46. The van der Waals surface area contributed by atoms with Crippen molar-refractivity contribution >= 4 is 17.7 Å². The molecule has 0 spiro atoms. The number of halogens is 1. The van der Waals surface area contributed by atoms with Gasteiger partial charge in [0.2, 0.25) is 0 Å². The Bertz CT molecular complexity index is 628. The highest BCUT2D eigenvalue weighted by Gasteiger charge is 2.12. The van der Waals surface area contributed by atoms with Gasteiger partial charge in [0.25, 0.3) is 0 Å². The third-order valence-electron chi connectivity index (χ3n) is 2.75. The van der Waals surface area contributed by atoms with E-state index in [0.717, 1.165) is 11.0 Å². The fraction of sp³-hybridized carbons (Fsp3) is 0.133. The molecular formula is C15H13FO3S. The van der Waals surface area contributed by atoms with Crippen LogP contribution in [-0.2, 0) is 6.61 Å². The number of ether oxygens (including phenoxy) is 1. The molecule has 0 radical (unpaired) electrons. The summed E-state index contributed by atoms with van der Waals surface area (Å²) in [6.45, 7) is 0.0828. The molecule has 2 rings (SSSR count). The molecule has 3 nitrogen and oxygen atoms in total. The summed E-state index contributed by atoms with van der Waals surface area (Å²) in [5.41, 5.74) is 0.362. The second kappa shape index (κ2) is 6.43. The number of rotatable bonds is 5. The van der Waals surface area contributed by atoms with E-state index >= 15 is 0 Å². The SMILES string of the molecule is CSc1ccccc1OCc1ccc(F)cc1C(=O)O. The van der Waals surface area contributed by atoms with Gasteiger partial charge in [0.1, 0.15) is 18.2 Å². The summed E-state index contributed by atoms with van der Waals surface area (Å²) in [5, 5.41) is 9.06. The van der Waals surface area contributed by atoms with Crippen molar-refractivity contribution in [3.8, 4) is 5.75 Å². The molecule has 0 aliphatic rings. The molecule has 20 heavy (non-hydrogen) atoms. The third-order valence-corrected chi connectivity index (χ3v) is 3.53. The highest BCUT2D eigenvalue weighted by Crippen LogP contribution is 2.28. The van der Waals surface area contributed by atoms with Crippen LogP contribution in [0.3, 0.4) is 0 Å². The van der Waals surface area contributed by atoms with Gasteiger partial charge in [-0.05, 0) is 30.5 Å². The summed E-state index contributed by atoms with van der Waals surface area (Å²) in [5.74, 6) is -1.06. The van der Waals surface area contributed by atoms with Gasteiger partial charge in [0, 0.05) is 10.5 Å². The molecule has 104 valence electrons.